The van der Waals surface area contributed by atoms with Gasteiger partial charge in [0.25, 0.3) is 0 Å². The first-order valence-electron chi connectivity index (χ1n) is 21.9. The number of carbonyl (C=O) groups excluding carboxylic acids is 2. The fraction of sp³-hybridized carbons (Fsp3) is 0.886. The van der Waals surface area contributed by atoms with Crippen LogP contribution < -0.4 is 11.1 Å². The molecule has 0 aromatic rings. The van der Waals surface area contributed by atoms with Crippen molar-refractivity contribution in [3.05, 3.63) is 12.2 Å². The summed E-state index contributed by atoms with van der Waals surface area (Å²) in [5, 5.41) is 35.9. The summed E-state index contributed by atoms with van der Waals surface area (Å²) < 4.78 is 34.3. The Bertz CT molecular complexity index is 1560. The smallest absolute Gasteiger partial charge is 0.312 e. The second kappa shape index (κ2) is 15.7. The fourth-order valence-electron chi connectivity index (χ4n) is 11.9. The molecule has 1 aliphatic carbocycles. The lowest BCUT2D eigenvalue weighted by molar-refractivity contribution is -0.397. The number of carbonyl (C=O) groups is 3. The fourth-order valence-corrected chi connectivity index (χ4v) is 11.9. The summed E-state index contributed by atoms with van der Waals surface area (Å²) in [6.45, 7) is 19.7. The zero-order chi connectivity index (χ0) is 42.1. The number of primary amides is 1. The molecule has 5 heterocycles. The Labute approximate surface area is 339 Å². The zero-order valence-corrected chi connectivity index (χ0v) is 36.0. The van der Waals surface area contributed by atoms with Gasteiger partial charge < -0.3 is 50.1 Å². The van der Waals surface area contributed by atoms with E-state index in [9.17, 15) is 29.7 Å². The highest BCUT2D eigenvalue weighted by Crippen LogP contribution is 2.68. The number of hydrogen-bond acceptors (Lipinski definition) is 10. The van der Waals surface area contributed by atoms with E-state index in [0.29, 0.717) is 64.2 Å². The van der Waals surface area contributed by atoms with Crippen LogP contribution in [0.4, 0.5) is 4.79 Å². The number of nitrogens with one attached hydrogen (secondary N) is 1. The molecule has 5 aliphatic heterocycles. The molecule has 0 aromatic heterocycles. The quantitative estimate of drug-likeness (QED) is 0.145. The summed E-state index contributed by atoms with van der Waals surface area (Å²) in [4.78, 5) is 39.1. The van der Waals surface area contributed by atoms with Crippen LogP contribution in [0.1, 0.15) is 140 Å². The third-order valence-corrected chi connectivity index (χ3v) is 16.0. The molecule has 6 N–H and O–H groups in total. The number of rotatable bonds is 12. The van der Waals surface area contributed by atoms with E-state index in [0.717, 1.165) is 6.42 Å². The number of urea groups is 1. The van der Waals surface area contributed by atoms with E-state index in [4.69, 9.17) is 29.4 Å². The van der Waals surface area contributed by atoms with Gasteiger partial charge in [-0.1, -0.05) is 61.5 Å². The Morgan fingerprint density at radius 1 is 0.930 bits per heavy atom. The second-order valence-electron chi connectivity index (χ2n) is 19.5. The number of ether oxygens (including phenoxy) is 5. The largest absolute Gasteiger partial charge is 0.481 e. The zero-order valence-electron chi connectivity index (χ0n) is 36.0. The van der Waals surface area contributed by atoms with E-state index in [2.05, 4.69) is 26.1 Å². The molecule has 6 aliphatic rings. The molecule has 2 amide bonds. The van der Waals surface area contributed by atoms with Gasteiger partial charge >= 0.3 is 12.0 Å². The summed E-state index contributed by atoms with van der Waals surface area (Å²) in [6.07, 6.45) is 7.36. The van der Waals surface area contributed by atoms with Gasteiger partial charge in [-0.25, -0.2) is 4.79 Å². The Balaban J connectivity index is 1.22. The number of ketones is 1. The summed E-state index contributed by atoms with van der Waals surface area (Å²) >= 11 is 0. The number of carboxylic acid groups (broad SMARTS) is 1. The van der Waals surface area contributed by atoms with Crippen molar-refractivity contribution >= 4 is 17.8 Å². The maximum Gasteiger partial charge on any atom is 0.312 e. The summed E-state index contributed by atoms with van der Waals surface area (Å²) in [7, 11) is 0. The molecule has 57 heavy (non-hydrogen) atoms. The summed E-state index contributed by atoms with van der Waals surface area (Å²) in [5.41, 5.74) is 2.57. The van der Waals surface area contributed by atoms with Gasteiger partial charge in [0.1, 0.15) is 11.8 Å². The third kappa shape index (κ3) is 7.41. The highest BCUT2D eigenvalue weighted by atomic mass is 16.8. The predicted octanol–water partition coefficient (Wildman–Crippen LogP) is 6.01. The van der Waals surface area contributed by atoms with Gasteiger partial charge in [-0.05, 0) is 96.0 Å². The van der Waals surface area contributed by atoms with E-state index >= 15 is 0 Å². The van der Waals surface area contributed by atoms with Crippen LogP contribution in [0.15, 0.2) is 12.2 Å². The monoisotopic (exact) mass is 805 g/mol. The standard InChI is InChI=1S/C44H72N2O11/c1-11-29(37(49)50)31-15-14-25(5)42(54-31)23-39(42,9)36(48)27(7)34(47)30(12-2)35-24(4)22-26(6)43(55-35)19-16-32(46-38(45)51)44(57-43)21-20-40(10,56-44)33-17-18-41(52,13-3)28(8)53-33/h16,19,24-33,35-36,48,52H,11-15,17-18,20-23H2,1-10H3,(H,49,50)(H3,45,46,51)/t24-,25-,26+,27+,28-,29+,30?,31+,32?,33+,35-,36+,39?,40-,41+,42+,43-,44-/m0/s1. The molecule has 324 valence electrons. The van der Waals surface area contributed by atoms with Crippen molar-refractivity contribution in [3.8, 4) is 0 Å². The lowest BCUT2D eigenvalue weighted by Gasteiger charge is -2.55. The van der Waals surface area contributed by atoms with Crippen LogP contribution >= 0.6 is 0 Å². The Kier molecular flexibility index (Phi) is 12.3. The van der Waals surface area contributed by atoms with Crippen LogP contribution in [0, 0.1) is 40.9 Å². The SMILES string of the molecule is CCC(C(=O)[C@@H](C)[C@@H](O)C1(C)C[C@]12O[C@@H]([C@@H](CC)C(=O)O)CC[C@@H]2C)[C@H]1O[C@]2(C=CC(NC(N)=O)[C@]3(CC[C@@](C)([C@H]4CC[C@](O)(CC)[C@H](C)O4)O3)O2)[C@H](C)C[C@@H]1C. The van der Waals surface area contributed by atoms with Gasteiger partial charge in [-0.2, -0.15) is 0 Å². The van der Waals surface area contributed by atoms with Crippen LogP contribution in [-0.2, 0) is 33.3 Å². The minimum atomic E-state index is -1.35. The molecular formula is C44H72N2O11. The number of aliphatic hydroxyl groups is 2. The highest BCUT2D eigenvalue weighted by Gasteiger charge is 2.74. The molecule has 0 bridgehead atoms. The first-order valence-corrected chi connectivity index (χ1v) is 21.9. The predicted molar refractivity (Wildman–Crippen MR) is 212 cm³/mol. The number of hydrogen-bond donors (Lipinski definition) is 5. The number of nitrogens with two attached hydrogens (primary N) is 1. The van der Waals surface area contributed by atoms with E-state index in [1.165, 1.54) is 0 Å². The molecule has 0 aromatic carbocycles. The van der Waals surface area contributed by atoms with Crippen LogP contribution in [0.2, 0.25) is 0 Å². The maximum atomic E-state index is 14.7. The first-order chi connectivity index (χ1) is 26.6. The minimum Gasteiger partial charge on any atom is -0.481 e. The van der Waals surface area contributed by atoms with Gasteiger partial charge in [0.15, 0.2) is 11.6 Å². The summed E-state index contributed by atoms with van der Waals surface area (Å²) in [5.74, 6) is -5.56. The van der Waals surface area contributed by atoms with E-state index < -0.39 is 94.0 Å². The van der Waals surface area contributed by atoms with Crippen molar-refractivity contribution in [2.24, 2.45) is 46.7 Å². The van der Waals surface area contributed by atoms with Gasteiger partial charge in [-0.15, -0.1) is 0 Å². The van der Waals surface area contributed by atoms with Crippen molar-refractivity contribution in [2.45, 2.75) is 205 Å². The second-order valence-corrected chi connectivity index (χ2v) is 19.5. The van der Waals surface area contributed by atoms with Crippen LogP contribution in [-0.4, -0.2) is 98.0 Å². The highest BCUT2D eigenvalue weighted by molar-refractivity contribution is 5.84. The Morgan fingerprint density at radius 3 is 2.21 bits per heavy atom. The van der Waals surface area contributed by atoms with E-state index in [1.807, 2.05) is 53.7 Å². The molecule has 0 radical (unpaired) electrons. The Morgan fingerprint density at radius 2 is 1.61 bits per heavy atom. The topological polar surface area (TPSA) is 196 Å². The number of carboxylic acids is 1. The first kappa shape index (κ1) is 44.4. The summed E-state index contributed by atoms with van der Waals surface area (Å²) in [6, 6.07) is -1.44. The van der Waals surface area contributed by atoms with Crippen LogP contribution in [0.3, 0.4) is 0 Å². The average molecular weight is 805 g/mol. The molecule has 13 heteroatoms. The number of aliphatic carboxylic acids is 1. The van der Waals surface area contributed by atoms with Gasteiger partial charge in [0, 0.05) is 29.6 Å². The minimum absolute atomic E-state index is 0.0187. The third-order valence-electron chi connectivity index (χ3n) is 16.0. The van der Waals surface area contributed by atoms with Crippen molar-refractivity contribution in [3.63, 3.8) is 0 Å². The van der Waals surface area contributed by atoms with Crippen molar-refractivity contribution in [2.75, 3.05) is 0 Å². The van der Waals surface area contributed by atoms with Gasteiger partial charge in [0.05, 0.1) is 53.2 Å². The number of Topliss-reactive ketones (excluding diaryl/α,β-unsaturated/α-hetero) is 1. The molecule has 3 unspecified atom stereocenters. The molecule has 3 spiro atoms. The molecule has 1 saturated carbocycles. The van der Waals surface area contributed by atoms with Crippen molar-refractivity contribution in [1.29, 1.82) is 0 Å². The van der Waals surface area contributed by atoms with Gasteiger partial charge in [0.2, 0.25) is 0 Å². The molecule has 6 rings (SSSR count). The van der Waals surface area contributed by atoms with Crippen molar-refractivity contribution in [1.82, 2.24) is 5.32 Å². The molecule has 13 nitrogen and oxygen atoms in total. The lowest BCUT2D eigenvalue weighted by atomic mass is 9.72. The van der Waals surface area contributed by atoms with E-state index in [1.54, 1.807) is 6.92 Å². The lowest BCUT2D eigenvalue weighted by Crippen LogP contribution is -2.66. The van der Waals surface area contributed by atoms with Crippen LogP contribution in [0.5, 0.6) is 0 Å². The normalized spacial score (nSPS) is 47.7. The molecular weight excluding hydrogens is 732 g/mol. The Hall–Kier alpha value is -2.13. The van der Waals surface area contributed by atoms with Crippen LogP contribution in [0.25, 0.3) is 0 Å². The molecule has 18 atom stereocenters. The van der Waals surface area contributed by atoms with E-state index in [-0.39, 0.29) is 29.6 Å². The number of aliphatic hydroxyl groups excluding tert-OH is 1. The molecule has 5 fully saturated rings. The molecule has 4 saturated heterocycles. The van der Waals surface area contributed by atoms with Crippen molar-refractivity contribution < 1.29 is 53.4 Å². The average Bonchev–Trinajstić information content (AvgIpc) is 3.61. The number of amides is 2. The maximum absolute atomic E-state index is 14.7. The van der Waals surface area contributed by atoms with Gasteiger partial charge in [-0.3, -0.25) is 9.59 Å².